The van der Waals surface area contributed by atoms with Gasteiger partial charge in [0.05, 0.1) is 0 Å². The second-order valence-electron chi connectivity index (χ2n) is 22.9. The standard InChI is InChI=1S/2C31H27.C12H9Si.2ClH.Zr/c2*1-22(2)19-23-20-26-17-18-28(25-13-7-4-8-14-25)31(30(26)21-23)29-16-10-9-15-27(29)24-11-5-3-6-12-24;1-3-7-11-9(5-1)10-6-2-4-8-12(10)13-11;;;/h2*3-18,20-22H,19H2,1-2H3;1-7H,13H2;2*1H;/q;;;;;+2/p-2. The van der Waals surface area contributed by atoms with E-state index in [9.17, 15) is 17.0 Å². The molecule has 0 fully saturated rings. The average Bonchev–Trinajstić information content (AvgIpc) is 4.32. The van der Waals surface area contributed by atoms with E-state index in [2.05, 4.69) is 276 Å². The van der Waals surface area contributed by atoms with E-state index in [1.165, 1.54) is 125 Å². The molecule has 0 saturated carbocycles. The van der Waals surface area contributed by atoms with E-state index < -0.39 is 25.9 Å². The van der Waals surface area contributed by atoms with Crippen LogP contribution in [0.25, 0.3) is 90.0 Å². The molecule has 0 saturated heterocycles. The first kappa shape index (κ1) is 50.8. The fourth-order valence-corrected chi connectivity index (χ4v) is 41.9. The Labute approximate surface area is 472 Å². The number of hydrogen-bond acceptors (Lipinski definition) is 0. The van der Waals surface area contributed by atoms with Gasteiger partial charge in [0.25, 0.3) is 0 Å². The van der Waals surface area contributed by atoms with Crippen LogP contribution in [-0.2, 0) is 16.4 Å². The Balaban J connectivity index is 1.15. The van der Waals surface area contributed by atoms with Crippen molar-refractivity contribution in [1.29, 1.82) is 0 Å². The Morgan fingerprint density at radius 2 is 0.718 bits per heavy atom. The topological polar surface area (TPSA) is 0 Å². The first-order valence-corrected chi connectivity index (χ1v) is 39.8. The van der Waals surface area contributed by atoms with Crippen molar-refractivity contribution in [2.75, 3.05) is 0 Å². The molecule has 0 radical (unpaired) electrons. The van der Waals surface area contributed by atoms with E-state index in [-0.39, 0.29) is 7.25 Å². The van der Waals surface area contributed by atoms with Crippen molar-refractivity contribution < 1.29 is 16.4 Å². The molecule has 10 aromatic rings. The van der Waals surface area contributed by atoms with Gasteiger partial charge >= 0.3 is 476 Å². The monoisotopic (exact) mass is 1140 g/mol. The second kappa shape index (κ2) is 20.5. The molecule has 1 aliphatic heterocycles. The zero-order valence-corrected chi connectivity index (χ0v) is 50.2. The Morgan fingerprint density at radius 3 is 1.14 bits per heavy atom. The number of benzene rings is 10. The van der Waals surface area contributed by atoms with Crippen molar-refractivity contribution in [3.63, 3.8) is 0 Å². The summed E-state index contributed by atoms with van der Waals surface area (Å²) in [7, 11) is 18.7. The van der Waals surface area contributed by atoms with Gasteiger partial charge in [-0.15, -0.1) is 0 Å². The Morgan fingerprint density at radius 1 is 0.359 bits per heavy atom. The zero-order valence-electron chi connectivity index (χ0n) is 44.9. The quantitative estimate of drug-likeness (QED) is 0.101. The molecule has 0 spiro atoms. The van der Waals surface area contributed by atoms with Gasteiger partial charge in [0, 0.05) is 0 Å². The molecular formula is C74H63Cl2SiZr. The summed E-state index contributed by atoms with van der Waals surface area (Å²) in [5.41, 5.74) is 24.9. The van der Waals surface area contributed by atoms with Gasteiger partial charge < -0.3 is 0 Å². The molecule has 0 aromatic heterocycles. The van der Waals surface area contributed by atoms with Crippen molar-refractivity contribution in [2.24, 2.45) is 11.8 Å². The molecule has 4 heteroatoms. The van der Waals surface area contributed by atoms with Gasteiger partial charge in [-0.3, -0.25) is 0 Å². The Hall–Kier alpha value is -6.64. The minimum atomic E-state index is -6.04. The fraction of sp³-hybridized carbons (Fsp3) is 0.135. The van der Waals surface area contributed by atoms with Gasteiger partial charge in [0.2, 0.25) is 0 Å². The van der Waals surface area contributed by atoms with Crippen molar-refractivity contribution in [3.8, 4) is 77.9 Å². The number of halogens is 2. The summed E-state index contributed by atoms with van der Waals surface area (Å²) >= 11 is -6.04. The molecular weight excluding hydrogens is 1080 g/mol. The van der Waals surface area contributed by atoms with E-state index in [1.54, 1.807) is 0 Å². The summed E-state index contributed by atoms with van der Waals surface area (Å²) in [4.78, 5) is 0. The van der Waals surface area contributed by atoms with Gasteiger partial charge in [-0.2, -0.15) is 0 Å². The summed E-state index contributed by atoms with van der Waals surface area (Å²) in [6, 6.07) is 87.7. The van der Waals surface area contributed by atoms with E-state index >= 15 is 0 Å². The molecule has 2 unspecified atom stereocenters. The van der Waals surface area contributed by atoms with Crippen LogP contribution in [0.4, 0.5) is 0 Å². The van der Waals surface area contributed by atoms with Crippen LogP contribution in [0.2, 0.25) is 0 Å². The molecule has 2 atom stereocenters. The van der Waals surface area contributed by atoms with Crippen molar-refractivity contribution in [3.05, 3.63) is 270 Å². The third kappa shape index (κ3) is 8.58. The molecule has 0 bridgehead atoms. The summed E-state index contributed by atoms with van der Waals surface area (Å²) in [5.74, 6) is 0.704. The zero-order chi connectivity index (χ0) is 53.1. The molecule has 2 aliphatic carbocycles. The SMILES string of the molecule is CC(C)CC1=Cc2c(ccc(-c3ccccc3)c2-c2ccccc2-c2ccccc2)[CH]1[Zr]([Cl])([Cl])([c]1cccc2c1[SiH2]c1ccccc1-2)[CH]1C(CC(C)C)=Cc2c1ccc(-c1ccccc1)c2-c1ccccc1-c1ccccc1. The molecule has 0 amide bonds. The van der Waals surface area contributed by atoms with Crippen LogP contribution >= 0.6 is 17.0 Å². The van der Waals surface area contributed by atoms with Crippen LogP contribution in [0.15, 0.2) is 248 Å². The third-order valence-electron chi connectivity index (χ3n) is 17.0. The first-order valence-electron chi connectivity index (χ1n) is 28.0. The second-order valence-corrected chi connectivity index (χ2v) is 45.3. The van der Waals surface area contributed by atoms with E-state index in [1.807, 2.05) is 0 Å². The third-order valence-corrected chi connectivity index (χ3v) is 39.8. The van der Waals surface area contributed by atoms with E-state index in [4.69, 9.17) is 0 Å². The van der Waals surface area contributed by atoms with Gasteiger partial charge in [-0.25, -0.2) is 0 Å². The Kier molecular flexibility index (Phi) is 13.4. The summed E-state index contributed by atoms with van der Waals surface area (Å²) in [5, 5.41) is 2.91. The summed E-state index contributed by atoms with van der Waals surface area (Å²) in [6.45, 7) is 9.48. The van der Waals surface area contributed by atoms with Crippen molar-refractivity contribution in [1.82, 2.24) is 0 Å². The molecule has 78 heavy (non-hydrogen) atoms. The molecule has 13 rings (SSSR count). The van der Waals surface area contributed by atoms with Crippen LogP contribution in [0, 0.1) is 11.8 Å². The van der Waals surface area contributed by atoms with Crippen LogP contribution in [0.5, 0.6) is 0 Å². The summed E-state index contributed by atoms with van der Waals surface area (Å²) in [6.07, 6.45) is 6.92. The molecule has 381 valence electrons. The van der Waals surface area contributed by atoms with E-state index in [0.717, 1.165) is 12.8 Å². The van der Waals surface area contributed by atoms with Crippen LogP contribution in [-0.4, -0.2) is 9.52 Å². The van der Waals surface area contributed by atoms with Crippen LogP contribution in [0.3, 0.4) is 0 Å². The van der Waals surface area contributed by atoms with Gasteiger partial charge in [0.15, 0.2) is 0 Å². The minimum absolute atomic E-state index is 0.232. The van der Waals surface area contributed by atoms with Crippen molar-refractivity contribution >= 4 is 52.3 Å². The van der Waals surface area contributed by atoms with Gasteiger partial charge in [0.1, 0.15) is 0 Å². The Bertz CT molecular complexity index is 3780. The maximum atomic E-state index is 9.85. The number of fused-ring (bicyclic) bond motifs is 5. The van der Waals surface area contributed by atoms with Crippen molar-refractivity contribution in [2.45, 2.75) is 47.8 Å². The molecule has 10 aromatic carbocycles. The molecule has 1 heterocycles. The normalized spacial score (nSPS) is 16.1. The number of hydrogen-bond donors (Lipinski definition) is 0. The van der Waals surface area contributed by atoms with Crippen LogP contribution < -0.4 is 13.6 Å². The summed E-state index contributed by atoms with van der Waals surface area (Å²) < 4.78 is 0.797. The fourth-order valence-electron chi connectivity index (χ4n) is 14.1. The maximum absolute atomic E-state index is 9.85. The predicted octanol–water partition coefficient (Wildman–Crippen LogP) is 18.8. The molecule has 0 nitrogen and oxygen atoms in total. The number of allylic oxidation sites excluding steroid dienone is 2. The number of rotatable bonds is 13. The molecule has 3 aliphatic rings. The van der Waals surface area contributed by atoms with Crippen LogP contribution in [0.1, 0.15) is 70.0 Å². The average molecular weight is 1140 g/mol. The first-order chi connectivity index (χ1) is 38.1. The van der Waals surface area contributed by atoms with E-state index in [0.29, 0.717) is 11.8 Å². The van der Waals surface area contributed by atoms with Gasteiger partial charge in [-0.1, -0.05) is 0 Å². The molecule has 0 N–H and O–H groups in total. The predicted molar refractivity (Wildman–Crippen MR) is 337 cm³/mol. The van der Waals surface area contributed by atoms with Gasteiger partial charge in [-0.05, 0) is 0 Å².